The fraction of sp³-hybridized carbons (Fsp3) is 1.00. The third-order valence-electron chi connectivity index (χ3n) is 3.45. The van der Waals surface area contributed by atoms with Crippen LogP contribution in [0.5, 0.6) is 0 Å². The molecular formula is C6H82Na12O62P6. The second-order valence-corrected chi connectivity index (χ2v) is 12.7. The summed E-state index contributed by atoms with van der Waals surface area (Å²) in [6, 6.07) is 0. The van der Waals surface area contributed by atoms with Crippen molar-refractivity contribution in [3.05, 3.63) is 0 Å². The molecule has 0 spiro atoms. The minimum absolute atomic E-state index is 0. The van der Waals surface area contributed by atoms with E-state index in [-0.39, 0.29) is 563 Å². The molecule has 80 heteroatoms. The first kappa shape index (κ1) is 404. The van der Waals surface area contributed by atoms with Crippen LogP contribution >= 0.6 is 46.9 Å². The van der Waals surface area contributed by atoms with E-state index in [1.54, 1.807) is 0 Å². The first-order valence-electron chi connectivity index (χ1n) is 7.80. The molecule has 0 atom stereocenters. The van der Waals surface area contributed by atoms with E-state index in [2.05, 4.69) is 27.1 Å². The van der Waals surface area contributed by atoms with Gasteiger partial charge in [0.05, 0.1) is 46.9 Å². The largest absolute Gasteiger partial charge is 1.00 e. The second kappa shape index (κ2) is 172. The van der Waals surface area contributed by atoms with E-state index in [4.69, 9.17) is 0 Å². The molecule has 0 radical (unpaired) electrons. The van der Waals surface area contributed by atoms with Gasteiger partial charge in [0, 0.05) is 0 Å². The predicted octanol–water partition coefficient (Wildman–Crippen LogP) is -78.0. The average molecular weight is 1610 g/mol. The van der Waals surface area contributed by atoms with Gasteiger partial charge in [0.2, 0.25) is 0 Å². The number of hydrogen-bond donors (Lipinski definition) is 0. The van der Waals surface area contributed by atoms with Crippen LogP contribution in [0.4, 0.5) is 0 Å². The van der Waals surface area contributed by atoms with Crippen molar-refractivity contribution < 1.29 is 676 Å². The molecule has 0 aromatic rings. The van der Waals surface area contributed by atoms with Gasteiger partial charge in [-0.05, 0) is 0 Å². The molecular weight excluding hydrogens is 1530 g/mol. The van der Waals surface area contributed by atoms with E-state index in [9.17, 15) is 86.1 Å². The minimum Gasteiger partial charge on any atom is -0.790 e. The summed E-state index contributed by atoms with van der Waals surface area (Å²) in [5.41, 5.74) is 0. The van der Waals surface area contributed by atoms with Crippen molar-refractivity contribution in [2.75, 3.05) is 0 Å². The van der Waals surface area contributed by atoms with E-state index < -0.39 is 83.6 Å². The van der Waals surface area contributed by atoms with Gasteiger partial charge in [-0.2, -0.15) is 0 Å². The Morgan fingerprint density at radius 3 is 0.198 bits per heavy atom. The zero-order chi connectivity index (χ0) is 28.7. The van der Waals surface area contributed by atoms with Crippen LogP contribution in [0.3, 0.4) is 0 Å². The van der Waals surface area contributed by atoms with Crippen molar-refractivity contribution in [2.24, 2.45) is 0 Å². The topological polar surface area (TPSA) is 1630 Å². The van der Waals surface area contributed by atoms with Crippen molar-refractivity contribution in [1.82, 2.24) is 0 Å². The Balaban J connectivity index is -0.00000000540. The molecule has 86 heavy (non-hydrogen) atoms. The smallest absolute Gasteiger partial charge is 0.790 e. The Labute approximate surface area is 746 Å². The fourth-order valence-electron chi connectivity index (χ4n) is 2.74. The quantitative estimate of drug-likeness (QED) is 0.129. The third kappa shape index (κ3) is 199. The molecule has 520 valence electrons. The van der Waals surface area contributed by atoms with Crippen molar-refractivity contribution in [3.63, 3.8) is 0 Å². The average Bonchev–Trinajstić information content (AvgIpc) is 2.51. The molecule has 0 heterocycles. The van der Waals surface area contributed by atoms with Gasteiger partial charge in [-0.25, -0.2) is 0 Å². The summed E-state index contributed by atoms with van der Waals surface area (Å²) in [5, 5.41) is 0. The van der Waals surface area contributed by atoms with Crippen molar-refractivity contribution in [1.29, 1.82) is 0 Å². The van der Waals surface area contributed by atoms with Crippen LogP contribution in [0.1, 0.15) is 0 Å². The number of hydrogen-bond acceptors (Lipinski definition) is 24. The zero-order valence-corrected chi connectivity index (χ0v) is 76.3. The van der Waals surface area contributed by atoms with Crippen LogP contribution in [-0.4, -0.2) is 245 Å². The summed E-state index contributed by atoms with van der Waals surface area (Å²) in [4.78, 5) is 133. The summed E-state index contributed by atoms with van der Waals surface area (Å²) >= 11 is 0. The molecule has 1 aliphatic carbocycles. The Morgan fingerprint density at radius 1 is 0.140 bits per heavy atom. The maximum atomic E-state index is 11.1. The normalized spacial score (nSPS) is 12.3. The minimum atomic E-state index is -6.68. The Morgan fingerprint density at radius 2 is 0.174 bits per heavy atom. The van der Waals surface area contributed by atoms with Crippen LogP contribution in [0.25, 0.3) is 0 Å². The Hall–Kier alpha value is 11.1. The molecule has 62 nitrogen and oxygen atoms in total. The summed E-state index contributed by atoms with van der Waals surface area (Å²) in [5.74, 6) is 0. The molecule has 1 aliphatic rings. The van der Waals surface area contributed by atoms with Gasteiger partial charge in [0.25, 0.3) is 0 Å². The molecule has 1 saturated carbocycles. The number of phosphoric acid groups is 6. The molecule has 1 rings (SSSR count). The van der Waals surface area contributed by atoms with Crippen LogP contribution in [0, 0.1) is 0 Å². The molecule has 1 fully saturated rings. The molecule has 0 unspecified atom stereocenters. The van der Waals surface area contributed by atoms with Crippen LogP contribution in [0.15, 0.2) is 0 Å². The number of rotatable bonds is 12. The van der Waals surface area contributed by atoms with Gasteiger partial charge in [0.15, 0.2) is 0 Å². The molecule has 76 N–H and O–H groups in total. The predicted molar refractivity (Wildman–Crippen MR) is 212 cm³/mol. The summed E-state index contributed by atoms with van der Waals surface area (Å²) in [6.07, 6.45) is -21.5. The zero-order valence-electron chi connectivity index (χ0n) is 46.9. The first-order chi connectivity index (χ1) is 15.6. The van der Waals surface area contributed by atoms with E-state index >= 15 is 0 Å². The van der Waals surface area contributed by atoms with E-state index in [0.29, 0.717) is 0 Å². The van der Waals surface area contributed by atoms with E-state index in [1.165, 1.54) is 0 Å². The van der Waals surface area contributed by atoms with Gasteiger partial charge in [0.1, 0.15) is 36.6 Å². The summed E-state index contributed by atoms with van der Waals surface area (Å²) in [7, 11) is -40.1. The van der Waals surface area contributed by atoms with Gasteiger partial charge < -0.3 is 321 Å². The van der Waals surface area contributed by atoms with Gasteiger partial charge in [-0.1, -0.05) is 0 Å². The third-order valence-corrected chi connectivity index (χ3v) is 6.46. The van der Waals surface area contributed by atoms with Crippen LogP contribution in [-0.2, 0) is 54.5 Å². The summed E-state index contributed by atoms with van der Waals surface area (Å²) < 4.78 is 88.3. The fourth-order valence-corrected chi connectivity index (χ4v) is 5.96. The van der Waals surface area contributed by atoms with E-state index in [1.807, 2.05) is 0 Å². The first-order valence-corrected chi connectivity index (χ1v) is 16.6. The monoisotopic (exact) mass is 1610 g/mol. The van der Waals surface area contributed by atoms with Gasteiger partial charge >= 0.3 is 355 Å². The molecule has 0 saturated heterocycles. The summed E-state index contributed by atoms with van der Waals surface area (Å²) in [6.45, 7) is 0. The molecule has 0 aromatic carbocycles. The SMILES string of the molecule is O.O.O.O.O.O.O.O.O.O.O.O.O.O.O.O.O.O.O.O.O.O.O.O.O.O.O.O.O.O.O.O.O.O.O.O.O.O.O=P([O-])([O-])OC1C(OP(=O)([O-])[O-])C(OP(=O)([O-])[O-])C(OP(=O)([O-])[O-])C(OP(=O)([O-])[O-])C1OP(=O)([O-])[O-].[Na+].[Na+].[Na+].[Na+].[Na+].[Na+].[Na+].[Na+].[Na+].[Na+].[Na+].[Na+]. The second-order valence-electron chi connectivity index (χ2n) is 6.10. The van der Waals surface area contributed by atoms with Crippen molar-refractivity contribution >= 4 is 46.9 Å². The Bertz CT molecular complexity index is 882. The Kier molecular flexibility index (Phi) is 808. The van der Waals surface area contributed by atoms with Crippen molar-refractivity contribution in [2.45, 2.75) is 36.6 Å². The molecule has 0 aliphatic heterocycles. The maximum Gasteiger partial charge on any atom is 1.00 e. The molecule has 0 amide bonds. The standard InChI is InChI=1S/C6H18O24P6.12Na.38H2O/c7-31(8,9)25-1-2(26-32(10,11)12)4(28-34(16,17)18)6(30-36(22,23)24)5(29-35(19,20)21)3(1)27-33(13,14)15;;;;;;;;;;;;;;;;;;;;;;;;;;;;;;;;;;;;;;;;;;;;;;;;;;/h1-6H,(H2,7,8,9)(H2,10,11,12)(H2,13,14,15)(H2,16,17,18)(H2,19,20,21)(H2,22,23,24);;;;;;;;;;;;;38*1H2/q;12*+1;;;;;;;;;;;;;;;;;;;;;;;;;;;;;;;;;;;;;;/p-12. The van der Waals surface area contributed by atoms with Gasteiger partial charge in [-0.15, -0.1) is 0 Å². The molecule has 0 aromatic heterocycles. The van der Waals surface area contributed by atoms with E-state index in [0.717, 1.165) is 0 Å². The maximum absolute atomic E-state index is 11.1. The van der Waals surface area contributed by atoms with Gasteiger partial charge in [-0.3, -0.25) is 0 Å². The van der Waals surface area contributed by atoms with Crippen LogP contribution < -0.4 is 413 Å². The van der Waals surface area contributed by atoms with Crippen molar-refractivity contribution in [3.8, 4) is 0 Å². The van der Waals surface area contributed by atoms with Crippen LogP contribution in [0.2, 0.25) is 0 Å². The number of phosphoric ester groups is 6. The molecule has 0 bridgehead atoms.